The second-order valence-corrected chi connectivity index (χ2v) is 9.14. The van der Waals surface area contributed by atoms with Crippen LogP contribution in [0.5, 0.6) is 5.75 Å². The van der Waals surface area contributed by atoms with Gasteiger partial charge in [0.15, 0.2) is 0 Å². The zero-order valence-electron chi connectivity index (χ0n) is 18.0. The van der Waals surface area contributed by atoms with Crippen LogP contribution in [0.3, 0.4) is 0 Å². The van der Waals surface area contributed by atoms with Crippen LogP contribution in [0.15, 0.2) is 35.9 Å². The number of esters is 2. The molecule has 1 N–H and O–H groups in total. The van der Waals surface area contributed by atoms with E-state index < -0.39 is 23.6 Å². The van der Waals surface area contributed by atoms with Gasteiger partial charge in [-0.3, -0.25) is 9.59 Å². The lowest BCUT2D eigenvalue weighted by Gasteiger charge is -2.43. The number of aldehydes is 1. The van der Waals surface area contributed by atoms with E-state index in [9.17, 15) is 19.5 Å². The Bertz CT molecular complexity index is 855. The fraction of sp³-hybridized carbons (Fsp3) is 0.542. The van der Waals surface area contributed by atoms with Gasteiger partial charge in [0.05, 0.1) is 11.2 Å². The fourth-order valence-electron chi connectivity index (χ4n) is 5.08. The zero-order chi connectivity index (χ0) is 22.1. The molecule has 0 radical (unpaired) electrons. The van der Waals surface area contributed by atoms with Crippen molar-refractivity contribution in [3.05, 3.63) is 41.5 Å². The van der Waals surface area contributed by atoms with Gasteiger partial charge in [-0.2, -0.15) is 0 Å². The molecule has 6 nitrogen and oxygen atoms in total. The maximum Gasteiger partial charge on any atom is 0.338 e. The summed E-state index contributed by atoms with van der Waals surface area (Å²) in [6.45, 7) is 7.38. The highest BCUT2D eigenvalue weighted by molar-refractivity contribution is 5.90. The van der Waals surface area contributed by atoms with Crippen LogP contribution in [0.2, 0.25) is 0 Å². The van der Waals surface area contributed by atoms with Crippen molar-refractivity contribution in [1.82, 2.24) is 0 Å². The first kappa shape index (κ1) is 22.2. The minimum Gasteiger partial charge on any atom is -0.458 e. The topological polar surface area (TPSA) is 89.9 Å². The summed E-state index contributed by atoms with van der Waals surface area (Å²) in [7, 11) is 0. The fourth-order valence-corrected chi connectivity index (χ4v) is 5.08. The van der Waals surface area contributed by atoms with Gasteiger partial charge in [0.1, 0.15) is 18.1 Å². The molecule has 6 heteroatoms. The number of allylic oxidation sites excluding steroid dienone is 1. The minimum absolute atomic E-state index is 0.00804. The Morgan fingerprint density at radius 2 is 1.87 bits per heavy atom. The van der Waals surface area contributed by atoms with Gasteiger partial charge in [-0.1, -0.05) is 26.8 Å². The molecule has 0 bridgehead atoms. The smallest absolute Gasteiger partial charge is 0.338 e. The number of hydrogen-bond donors (Lipinski definition) is 1. The SMILES string of the molecule is CC(=O)Oc1ccc(C(=O)O[C@H]2CC(C=O)=CC[C@@]3(C)CC[C@@](O)(C(C)C)[C@H]23)cc1. The van der Waals surface area contributed by atoms with Gasteiger partial charge in [0.25, 0.3) is 0 Å². The van der Waals surface area contributed by atoms with E-state index >= 15 is 0 Å². The number of rotatable bonds is 5. The first-order valence-corrected chi connectivity index (χ1v) is 10.4. The molecule has 2 aliphatic rings. The minimum atomic E-state index is -0.967. The highest BCUT2D eigenvalue weighted by Gasteiger charge is 2.59. The van der Waals surface area contributed by atoms with Gasteiger partial charge in [0.2, 0.25) is 0 Å². The molecule has 0 amide bonds. The molecule has 162 valence electrons. The monoisotopic (exact) mass is 414 g/mol. The maximum atomic E-state index is 12.9. The van der Waals surface area contributed by atoms with E-state index in [2.05, 4.69) is 6.92 Å². The molecule has 4 atom stereocenters. The van der Waals surface area contributed by atoms with E-state index in [4.69, 9.17) is 9.47 Å². The third-order valence-electron chi connectivity index (χ3n) is 6.79. The van der Waals surface area contributed by atoms with Crippen molar-refractivity contribution in [2.45, 2.75) is 65.1 Å². The maximum absolute atomic E-state index is 12.9. The van der Waals surface area contributed by atoms with Crippen molar-refractivity contribution in [2.24, 2.45) is 17.3 Å². The summed E-state index contributed by atoms with van der Waals surface area (Å²) in [6, 6.07) is 6.14. The standard InChI is InChI=1S/C24H30O6/c1-15(2)24(28)12-11-23(4)10-9-17(14-25)13-20(21(23)24)30-22(27)18-5-7-19(8-6-18)29-16(3)26/h5-9,14-15,20-21,28H,10-13H2,1-4H3/t20-,21+,23-,24+/m0/s1. The number of ether oxygens (including phenoxy) is 2. The largest absolute Gasteiger partial charge is 0.458 e. The van der Waals surface area contributed by atoms with Crippen LogP contribution in [0, 0.1) is 17.3 Å². The van der Waals surface area contributed by atoms with Gasteiger partial charge >= 0.3 is 11.9 Å². The van der Waals surface area contributed by atoms with Crippen LogP contribution < -0.4 is 4.74 Å². The average molecular weight is 414 g/mol. The third kappa shape index (κ3) is 4.19. The first-order chi connectivity index (χ1) is 14.1. The van der Waals surface area contributed by atoms with E-state index in [1.165, 1.54) is 31.2 Å². The predicted octanol–water partition coefficient (Wildman–Crippen LogP) is 3.86. The van der Waals surface area contributed by atoms with Gasteiger partial charge in [-0.15, -0.1) is 0 Å². The number of carbonyl (C=O) groups is 3. The Labute approximate surface area is 177 Å². The van der Waals surface area contributed by atoms with Gasteiger partial charge < -0.3 is 14.6 Å². The second-order valence-electron chi connectivity index (χ2n) is 9.14. The van der Waals surface area contributed by atoms with Gasteiger partial charge in [0, 0.05) is 19.3 Å². The summed E-state index contributed by atoms with van der Waals surface area (Å²) in [4.78, 5) is 35.5. The highest BCUT2D eigenvalue weighted by atomic mass is 16.5. The van der Waals surface area contributed by atoms with Crippen molar-refractivity contribution < 1.29 is 29.0 Å². The van der Waals surface area contributed by atoms with Crippen molar-refractivity contribution in [2.75, 3.05) is 0 Å². The molecular weight excluding hydrogens is 384 g/mol. The Kier molecular flexibility index (Phi) is 6.18. The summed E-state index contributed by atoms with van der Waals surface area (Å²) >= 11 is 0. The number of aliphatic hydroxyl groups is 1. The third-order valence-corrected chi connectivity index (χ3v) is 6.79. The van der Waals surface area contributed by atoms with Crippen molar-refractivity contribution in [3.8, 4) is 5.75 Å². The Hall–Kier alpha value is -2.47. The van der Waals surface area contributed by atoms with Gasteiger partial charge in [-0.25, -0.2) is 4.79 Å². The molecular formula is C24H30O6. The molecule has 1 saturated carbocycles. The average Bonchev–Trinajstić information content (AvgIpc) is 2.87. The summed E-state index contributed by atoms with van der Waals surface area (Å²) < 4.78 is 10.9. The van der Waals surface area contributed by atoms with Crippen molar-refractivity contribution >= 4 is 18.2 Å². The van der Waals surface area contributed by atoms with E-state index in [1.54, 1.807) is 0 Å². The molecule has 1 fully saturated rings. The predicted molar refractivity (Wildman–Crippen MR) is 111 cm³/mol. The van der Waals surface area contributed by atoms with Crippen LogP contribution in [0.1, 0.15) is 63.7 Å². The number of fused-ring (bicyclic) bond motifs is 1. The molecule has 0 aliphatic heterocycles. The molecule has 3 rings (SSSR count). The van der Waals surface area contributed by atoms with Crippen LogP contribution in [0.25, 0.3) is 0 Å². The molecule has 0 aromatic heterocycles. The molecule has 0 saturated heterocycles. The Morgan fingerprint density at radius 3 is 2.43 bits per heavy atom. The quantitative estimate of drug-likeness (QED) is 0.447. The molecule has 0 heterocycles. The zero-order valence-corrected chi connectivity index (χ0v) is 18.0. The molecule has 1 aromatic carbocycles. The molecule has 0 spiro atoms. The van der Waals surface area contributed by atoms with Crippen LogP contribution in [-0.2, 0) is 14.3 Å². The lowest BCUT2D eigenvalue weighted by atomic mass is 9.67. The summed E-state index contributed by atoms with van der Waals surface area (Å²) in [5.41, 5.74) is -0.307. The normalized spacial score (nSPS) is 30.8. The second kappa shape index (κ2) is 8.34. The highest BCUT2D eigenvalue weighted by Crippen LogP contribution is 2.58. The van der Waals surface area contributed by atoms with E-state index in [-0.39, 0.29) is 23.7 Å². The molecule has 0 unspecified atom stereocenters. The number of hydrogen-bond acceptors (Lipinski definition) is 6. The summed E-state index contributed by atoms with van der Waals surface area (Å²) in [5.74, 6) is -0.904. The molecule has 1 aromatic rings. The molecule has 2 aliphatic carbocycles. The van der Waals surface area contributed by atoms with E-state index in [1.807, 2.05) is 19.9 Å². The van der Waals surface area contributed by atoms with E-state index in [0.29, 0.717) is 29.7 Å². The number of benzene rings is 1. The molecule has 30 heavy (non-hydrogen) atoms. The summed E-state index contributed by atoms with van der Waals surface area (Å²) in [6.07, 6.45) is 4.54. The van der Waals surface area contributed by atoms with Crippen molar-refractivity contribution in [1.29, 1.82) is 0 Å². The lowest BCUT2D eigenvalue weighted by Crippen LogP contribution is -2.50. The van der Waals surface area contributed by atoms with Gasteiger partial charge in [-0.05, 0) is 60.4 Å². The summed E-state index contributed by atoms with van der Waals surface area (Å²) in [5, 5.41) is 11.5. The van der Waals surface area contributed by atoms with Crippen molar-refractivity contribution in [3.63, 3.8) is 0 Å². The van der Waals surface area contributed by atoms with Crippen LogP contribution in [0.4, 0.5) is 0 Å². The first-order valence-electron chi connectivity index (χ1n) is 10.4. The lowest BCUT2D eigenvalue weighted by molar-refractivity contribution is -0.131. The van der Waals surface area contributed by atoms with E-state index in [0.717, 1.165) is 12.7 Å². The Morgan fingerprint density at radius 1 is 1.20 bits per heavy atom. The van der Waals surface area contributed by atoms with Crippen LogP contribution >= 0.6 is 0 Å². The number of carbonyl (C=O) groups excluding carboxylic acids is 3. The Balaban J connectivity index is 1.88. The van der Waals surface area contributed by atoms with Crippen LogP contribution in [-0.4, -0.2) is 35.0 Å².